The number of likely N-dealkylation sites (tertiary alicyclic amines) is 1. The van der Waals surface area contributed by atoms with E-state index in [0.29, 0.717) is 5.41 Å². The number of hydrogen-bond acceptors (Lipinski definition) is 3. The van der Waals surface area contributed by atoms with Gasteiger partial charge in [0.25, 0.3) is 0 Å². The van der Waals surface area contributed by atoms with Gasteiger partial charge in [0.2, 0.25) is 0 Å². The minimum Gasteiger partial charge on any atom is -0.373 e. The number of anilines is 1. The standard InChI is InChI=1S/C15H25N3/c1-4-15(5-2)7-9-18(12-15)11-13-6-8-17-14(10-13)16-3/h6,8,10H,4-5,7,9,11-12H2,1-3H3,(H,16,17). The summed E-state index contributed by atoms with van der Waals surface area (Å²) < 4.78 is 0. The summed E-state index contributed by atoms with van der Waals surface area (Å²) in [5, 5.41) is 3.10. The summed E-state index contributed by atoms with van der Waals surface area (Å²) in [7, 11) is 1.92. The Hall–Kier alpha value is -1.09. The van der Waals surface area contributed by atoms with Crippen LogP contribution in [0.4, 0.5) is 5.82 Å². The lowest BCUT2D eigenvalue weighted by molar-refractivity contribution is 0.236. The highest BCUT2D eigenvalue weighted by Crippen LogP contribution is 2.37. The smallest absolute Gasteiger partial charge is 0.125 e. The molecule has 0 atom stereocenters. The summed E-state index contributed by atoms with van der Waals surface area (Å²) in [4.78, 5) is 6.85. The van der Waals surface area contributed by atoms with Gasteiger partial charge in [-0.15, -0.1) is 0 Å². The summed E-state index contributed by atoms with van der Waals surface area (Å²) in [5.41, 5.74) is 1.93. The van der Waals surface area contributed by atoms with E-state index in [0.717, 1.165) is 12.4 Å². The summed E-state index contributed by atoms with van der Waals surface area (Å²) in [6, 6.07) is 4.27. The Labute approximate surface area is 111 Å². The summed E-state index contributed by atoms with van der Waals surface area (Å²) in [6.07, 6.45) is 5.85. The summed E-state index contributed by atoms with van der Waals surface area (Å²) in [5.74, 6) is 0.962. The molecule has 2 heterocycles. The van der Waals surface area contributed by atoms with Gasteiger partial charge in [-0.3, -0.25) is 4.90 Å². The molecule has 0 spiro atoms. The average molecular weight is 247 g/mol. The highest BCUT2D eigenvalue weighted by atomic mass is 15.2. The van der Waals surface area contributed by atoms with Crippen molar-refractivity contribution in [3.05, 3.63) is 23.9 Å². The van der Waals surface area contributed by atoms with E-state index in [1.807, 2.05) is 13.2 Å². The number of rotatable bonds is 5. The van der Waals surface area contributed by atoms with Crippen molar-refractivity contribution in [1.82, 2.24) is 9.88 Å². The van der Waals surface area contributed by atoms with Crippen LogP contribution in [0.3, 0.4) is 0 Å². The summed E-state index contributed by atoms with van der Waals surface area (Å²) in [6.45, 7) is 8.20. The normalized spacial score (nSPS) is 19.1. The van der Waals surface area contributed by atoms with E-state index in [4.69, 9.17) is 0 Å². The Morgan fingerprint density at radius 1 is 1.39 bits per heavy atom. The zero-order chi connectivity index (χ0) is 13.0. The maximum Gasteiger partial charge on any atom is 0.125 e. The zero-order valence-corrected chi connectivity index (χ0v) is 11.9. The second kappa shape index (κ2) is 5.70. The van der Waals surface area contributed by atoms with E-state index < -0.39 is 0 Å². The van der Waals surface area contributed by atoms with Crippen LogP contribution in [0.25, 0.3) is 0 Å². The topological polar surface area (TPSA) is 28.2 Å². The molecule has 3 heteroatoms. The minimum atomic E-state index is 0.568. The molecule has 1 saturated heterocycles. The molecule has 0 bridgehead atoms. The Morgan fingerprint density at radius 2 is 2.17 bits per heavy atom. The fraction of sp³-hybridized carbons (Fsp3) is 0.667. The molecule has 18 heavy (non-hydrogen) atoms. The summed E-state index contributed by atoms with van der Waals surface area (Å²) >= 11 is 0. The van der Waals surface area contributed by atoms with Gasteiger partial charge in [-0.25, -0.2) is 4.98 Å². The lowest BCUT2D eigenvalue weighted by atomic mass is 9.82. The minimum absolute atomic E-state index is 0.568. The number of pyridine rings is 1. The first kappa shape index (κ1) is 13.3. The Bertz CT molecular complexity index is 385. The van der Waals surface area contributed by atoms with Gasteiger partial charge in [0, 0.05) is 26.3 Å². The van der Waals surface area contributed by atoms with Crippen LogP contribution in [0.1, 0.15) is 38.7 Å². The monoisotopic (exact) mass is 247 g/mol. The van der Waals surface area contributed by atoms with Crippen LogP contribution in [-0.4, -0.2) is 30.0 Å². The first-order valence-corrected chi connectivity index (χ1v) is 7.06. The second-order valence-corrected chi connectivity index (χ2v) is 5.47. The third-order valence-electron chi connectivity index (χ3n) is 4.50. The maximum atomic E-state index is 4.26. The molecule has 0 radical (unpaired) electrons. The molecular weight excluding hydrogens is 222 g/mol. The maximum absolute atomic E-state index is 4.26. The molecule has 1 aliphatic heterocycles. The van der Waals surface area contributed by atoms with E-state index in [-0.39, 0.29) is 0 Å². The number of nitrogens with one attached hydrogen (secondary N) is 1. The van der Waals surface area contributed by atoms with Crippen molar-refractivity contribution >= 4 is 5.82 Å². The quantitative estimate of drug-likeness (QED) is 0.866. The van der Waals surface area contributed by atoms with Gasteiger partial charge in [-0.05, 0) is 48.9 Å². The molecule has 1 aromatic heterocycles. The Balaban J connectivity index is 1.98. The molecule has 0 amide bonds. The molecular formula is C15H25N3. The van der Waals surface area contributed by atoms with Crippen LogP contribution in [0, 0.1) is 5.41 Å². The fourth-order valence-corrected chi connectivity index (χ4v) is 2.96. The Morgan fingerprint density at radius 3 is 2.78 bits per heavy atom. The highest BCUT2D eigenvalue weighted by molar-refractivity contribution is 5.36. The number of hydrogen-bond donors (Lipinski definition) is 1. The van der Waals surface area contributed by atoms with Gasteiger partial charge >= 0.3 is 0 Å². The first-order chi connectivity index (χ1) is 8.71. The highest BCUT2D eigenvalue weighted by Gasteiger charge is 2.34. The molecule has 3 nitrogen and oxygen atoms in total. The SMILES string of the molecule is CCC1(CC)CCN(Cc2ccnc(NC)c2)C1. The van der Waals surface area contributed by atoms with Gasteiger partial charge < -0.3 is 5.32 Å². The van der Waals surface area contributed by atoms with Gasteiger partial charge in [-0.1, -0.05) is 13.8 Å². The van der Waals surface area contributed by atoms with E-state index in [2.05, 4.69) is 41.2 Å². The van der Waals surface area contributed by atoms with Crippen LogP contribution in [-0.2, 0) is 6.54 Å². The molecule has 0 aromatic carbocycles. The van der Waals surface area contributed by atoms with Crippen LogP contribution >= 0.6 is 0 Å². The third-order valence-corrected chi connectivity index (χ3v) is 4.50. The molecule has 0 saturated carbocycles. The second-order valence-electron chi connectivity index (χ2n) is 5.47. The predicted octanol–water partition coefficient (Wildman–Crippen LogP) is 3.14. The van der Waals surface area contributed by atoms with Gasteiger partial charge in [-0.2, -0.15) is 0 Å². The first-order valence-electron chi connectivity index (χ1n) is 7.06. The molecule has 0 aliphatic carbocycles. The van der Waals surface area contributed by atoms with Gasteiger partial charge in [0.15, 0.2) is 0 Å². The van der Waals surface area contributed by atoms with E-state index in [9.17, 15) is 0 Å². The van der Waals surface area contributed by atoms with E-state index >= 15 is 0 Å². The third kappa shape index (κ3) is 2.83. The zero-order valence-electron chi connectivity index (χ0n) is 11.9. The largest absolute Gasteiger partial charge is 0.373 e. The van der Waals surface area contributed by atoms with Crippen molar-refractivity contribution in [2.75, 3.05) is 25.5 Å². The van der Waals surface area contributed by atoms with Crippen molar-refractivity contribution in [2.24, 2.45) is 5.41 Å². The van der Waals surface area contributed by atoms with Crippen molar-refractivity contribution < 1.29 is 0 Å². The molecule has 2 rings (SSSR count). The lowest BCUT2D eigenvalue weighted by Gasteiger charge is -2.26. The molecule has 100 valence electrons. The van der Waals surface area contributed by atoms with Crippen LogP contribution in [0.2, 0.25) is 0 Å². The van der Waals surface area contributed by atoms with Gasteiger partial charge in [0.05, 0.1) is 0 Å². The van der Waals surface area contributed by atoms with Crippen molar-refractivity contribution in [3.63, 3.8) is 0 Å². The molecule has 1 aliphatic rings. The van der Waals surface area contributed by atoms with Crippen molar-refractivity contribution in [1.29, 1.82) is 0 Å². The average Bonchev–Trinajstić information content (AvgIpc) is 2.83. The molecule has 1 N–H and O–H groups in total. The van der Waals surface area contributed by atoms with E-state index in [1.54, 1.807) is 0 Å². The number of nitrogens with zero attached hydrogens (tertiary/aromatic N) is 2. The van der Waals surface area contributed by atoms with Gasteiger partial charge in [0.1, 0.15) is 5.82 Å². The molecule has 0 unspecified atom stereocenters. The van der Waals surface area contributed by atoms with E-state index in [1.165, 1.54) is 37.9 Å². The lowest BCUT2D eigenvalue weighted by Crippen LogP contribution is -2.26. The Kier molecular flexibility index (Phi) is 4.23. The van der Waals surface area contributed by atoms with Crippen LogP contribution in [0.15, 0.2) is 18.3 Å². The van der Waals surface area contributed by atoms with Crippen molar-refractivity contribution in [3.8, 4) is 0 Å². The van der Waals surface area contributed by atoms with Crippen LogP contribution < -0.4 is 5.32 Å². The predicted molar refractivity (Wildman–Crippen MR) is 76.7 cm³/mol. The fourth-order valence-electron chi connectivity index (χ4n) is 2.96. The van der Waals surface area contributed by atoms with Crippen molar-refractivity contribution in [2.45, 2.75) is 39.7 Å². The molecule has 1 fully saturated rings. The van der Waals surface area contributed by atoms with Crippen LogP contribution in [0.5, 0.6) is 0 Å². The molecule has 1 aromatic rings. The number of aromatic nitrogens is 1.